The Morgan fingerprint density at radius 1 is 1.55 bits per heavy atom. The lowest BCUT2D eigenvalue weighted by molar-refractivity contribution is 0.0979. The molecule has 5 nitrogen and oxygen atoms in total. The average Bonchev–Trinajstić information content (AvgIpc) is 2.89. The minimum Gasteiger partial charge on any atom is -0.472 e. The van der Waals surface area contributed by atoms with E-state index in [-0.39, 0.29) is 12.5 Å². The predicted molar refractivity (Wildman–Crippen MR) is 82.5 cm³/mol. The molecule has 0 atom stereocenters. The molecule has 1 amide bonds. The van der Waals surface area contributed by atoms with Gasteiger partial charge in [-0.2, -0.15) is 0 Å². The monoisotopic (exact) mass is 329 g/mol. The number of carbonyl (C=O) groups is 1. The first-order valence-electron chi connectivity index (χ1n) is 5.60. The molecule has 0 aliphatic carbocycles. The number of hydrogen-bond donors (Lipinski definition) is 2. The maximum Gasteiger partial charge on any atom is 0.266 e. The molecule has 2 aromatic rings. The number of rotatable bonds is 5. The van der Waals surface area contributed by atoms with Gasteiger partial charge in [-0.25, -0.2) is 4.09 Å². The normalized spacial score (nSPS) is 10.3. The number of thioether (sulfide) groups is 1. The van der Waals surface area contributed by atoms with Crippen molar-refractivity contribution in [3.05, 3.63) is 41.6 Å². The van der Waals surface area contributed by atoms with E-state index in [0.717, 1.165) is 10.5 Å². The first kappa shape index (κ1) is 15.1. The Morgan fingerprint density at radius 2 is 2.35 bits per heavy atom. The van der Waals surface area contributed by atoms with Crippen LogP contribution in [0.25, 0.3) is 0 Å². The number of halogens is 1. The summed E-state index contributed by atoms with van der Waals surface area (Å²) in [6.07, 6.45) is 3.59. The molecule has 0 spiro atoms. The summed E-state index contributed by atoms with van der Waals surface area (Å²) in [5, 5.41) is 4.00. The third-order valence-electron chi connectivity index (χ3n) is 2.60. The summed E-state index contributed by atoms with van der Waals surface area (Å²) in [5.74, 6) is 0.0778. The van der Waals surface area contributed by atoms with E-state index in [1.165, 1.54) is 15.8 Å². The highest BCUT2D eigenvalue weighted by Gasteiger charge is 2.15. The second-order valence-electron chi connectivity index (χ2n) is 3.77. The minimum atomic E-state index is -0.360. The lowest BCUT2D eigenvalue weighted by atomic mass is 10.1. The third-order valence-corrected chi connectivity index (χ3v) is 3.82. The van der Waals surface area contributed by atoms with Crippen LogP contribution >= 0.6 is 36.4 Å². The Morgan fingerprint density at radius 3 is 2.95 bits per heavy atom. The summed E-state index contributed by atoms with van der Waals surface area (Å²) >= 11 is 11.0. The number of thiol groups is 1. The SMILES string of the molecule is CSc1cccc(C(=O)NCl)c1COc1ccn(S)n1. The van der Waals surface area contributed by atoms with Crippen LogP contribution in [0.4, 0.5) is 0 Å². The zero-order valence-corrected chi connectivity index (χ0v) is 13.0. The number of carbonyl (C=O) groups excluding carboxylic acids is 1. The number of ether oxygens (including phenoxy) is 1. The van der Waals surface area contributed by atoms with Crippen LogP contribution < -0.4 is 9.57 Å². The Kier molecular flexibility index (Phi) is 5.22. The van der Waals surface area contributed by atoms with Crippen molar-refractivity contribution in [1.29, 1.82) is 0 Å². The van der Waals surface area contributed by atoms with Crippen LogP contribution in [-0.4, -0.2) is 21.3 Å². The average molecular weight is 330 g/mol. The molecule has 106 valence electrons. The molecule has 0 aliphatic heterocycles. The summed E-state index contributed by atoms with van der Waals surface area (Å²) in [4.78, 5) is 14.8. The van der Waals surface area contributed by atoms with E-state index < -0.39 is 0 Å². The number of amides is 1. The van der Waals surface area contributed by atoms with Crippen LogP contribution in [0.15, 0.2) is 35.4 Å². The molecule has 1 N–H and O–H groups in total. The molecule has 0 aliphatic rings. The number of nitrogens with zero attached hydrogens (tertiary/aromatic N) is 2. The topological polar surface area (TPSA) is 56.1 Å². The second kappa shape index (κ2) is 6.92. The van der Waals surface area contributed by atoms with Crippen molar-refractivity contribution in [3.63, 3.8) is 0 Å². The molecule has 0 radical (unpaired) electrons. The molecular formula is C12H12ClN3O2S2. The van der Waals surface area contributed by atoms with Gasteiger partial charge in [0.15, 0.2) is 0 Å². The molecule has 0 saturated carbocycles. The van der Waals surface area contributed by atoms with E-state index in [1.54, 1.807) is 24.4 Å². The third kappa shape index (κ3) is 3.41. The number of aromatic nitrogens is 2. The van der Waals surface area contributed by atoms with Crippen molar-refractivity contribution in [2.24, 2.45) is 0 Å². The molecule has 0 unspecified atom stereocenters. The largest absolute Gasteiger partial charge is 0.472 e. The van der Waals surface area contributed by atoms with Crippen molar-refractivity contribution in [1.82, 2.24) is 14.0 Å². The lowest BCUT2D eigenvalue weighted by Gasteiger charge is -2.12. The molecule has 0 saturated heterocycles. The van der Waals surface area contributed by atoms with Gasteiger partial charge >= 0.3 is 0 Å². The first-order chi connectivity index (χ1) is 9.65. The fourth-order valence-corrected chi connectivity index (χ4v) is 2.58. The zero-order valence-electron chi connectivity index (χ0n) is 10.5. The lowest BCUT2D eigenvalue weighted by Crippen LogP contribution is -2.16. The second-order valence-corrected chi connectivity index (χ2v) is 5.22. The van der Waals surface area contributed by atoms with Crippen molar-refractivity contribution in [2.45, 2.75) is 11.5 Å². The molecule has 1 aromatic carbocycles. The Bertz CT molecular complexity index is 618. The van der Waals surface area contributed by atoms with E-state index >= 15 is 0 Å². The first-order valence-corrected chi connectivity index (χ1v) is 7.60. The fourth-order valence-electron chi connectivity index (χ4n) is 1.69. The maximum absolute atomic E-state index is 11.8. The number of nitrogens with one attached hydrogen (secondary N) is 1. The van der Waals surface area contributed by atoms with Gasteiger partial charge < -0.3 is 4.74 Å². The van der Waals surface area contributed by atoms with E-state index in [4.69, 9.17) is 16.5 Å². The quantitative estimate of drug-likeness (QED) is 0.503. The highest BCUT2D eigenvalue weighted by atomic mass is 35.5. The Hall–Kier alpha value is -1.31. The number of benzene rings is 1. The van der Waals surface area contributed by atoms with Gasteiger partial charge in [-0.15, -0.1) is 16.9 Å². The molecule has 0 fully saturated rings. The molecule has 8 heteroatoms. The highest BCUT2D eigenvalue weighted by Crippen LogP contribution is 2.25. The highest BCUT2D eigenvalue weighted by molar-refractivity contribution is 7.98. The van der Waals surface area contributed by atoms with Gasteiger partial charge in [-0.3, -0.25) is 9.63 Å². The van der Waals surface area contributed by atoms with Crippen LogP contribution in [0.3, 0.4) is 0 Å². The zero-order chi connectivity index (χ0) is 14.5. The standard InChI is InChI=1S/C12H12ClN3O2S2/c1-20-10-4-2-3-8(12(17)14-13)9(10)7-18-11-5-6-16(19)15-11/h2-6,19H,7H2,1H3,(H,14,17). The Balaban J connectivity index is 2.26. The van der Waals surface area contributed by atoms with Gasteiger partial charge in [0, 0.05) is 40.1 Å². The van der Waals surface area contributed by atoms with Gasteiger partial charge in [0.25, 0.3) is 5.91 Å². The van der Waals surface area contributed by atoms with E-state index in [0.29, 0.717) is 11.4 Å². The molecule has 20 heavy (non-hydrogen) atoms. The van der Waals surface area contributed by atoms with Crippen molar-refractivity contribution < 1.29 is 9.53 Å². The molecule has 0 bridgehead atoms. The van der Waals surface area contributed by atoms with Gasteiger partial charge in [0.1, 0.15) is 6.61 Å². The van der Waals surface area contributed by atoms with Gasteiger partial charge in [-0.05, 0) is 31.2 Å². The molecule has 1 aromatic heterocycles. The van der Waals surface area contributed by atoms with E-state index in [1.807, 2.05) is 12.3 Å². The van der Waals surface area contributed by atoms with Crippen molar-refractivity contribution in [2.75, 3.05) is 6.26 Å². The van der Waals surface area contributed by atoms with Crippen LogP contribution in [-0.2, 0) is 6.61 Å². The van der Waals surface area contributed by atoms with Gasteiger partial charge in [-0.1, -0.05) is 6.07 Å². The summed E-state index contributed by atoms with van der Waals surface area (Å²) in [6.45, 7) is 0.224. The summed E-state index contributed by atoms with van der Waals surface area (Å²) in [5.41, 5.74) is 1.25. The fraction of sp³-hybridized carbons (Fsp3) is 0.167. The van der Waals surface area contributed by atoms with Crippen molar-refractivity contribution in [3.8, 4) is 5.88 Å². The summed E-state index contributed by atoms with van der Waals surface area (Å²) < 4.78 is 6.92. The van der Waals surface area contributed by atoms with Crippen LogP contribution in [0.2, 0.25) is 0 Å². The van der Waals surface area contributed by atoms with Crippen molar-refractivity contribution >= 4 is 42.3 Å². The van der Waals surface area contributed by atoms with E-state index in [9.17, 15) is 4.79 Å². The molecule has 2 rings (SSSR count). The maximum atomic E-state index is 11.8. The molecule has 1 heterocycles. The van der Waals surface area contributed by atoms with Gasteiger partial charge in [0.2, 0.25) is 5.88 Å². The predicted octanol–water partition coefficient (Wildman–Crippen LogP) is 2.76. The van der Waals surface area contributed by atoms with Gasteiger partial charge in [0.05, 0.1) is 0 Å². The minimum absolute atomic E-state index is 0.224. The van der Waals surface area contributed by atoms with Crippen LogP contribution in [0.1, 0.15) is 15.9 Å². The summed E-state index contributed by atoms with van der Waals surface area (Å²) in [6, 6.07) is 7.12. The number of hydrogen-bond acceptors (Lipinski definition) is 5. The summed E-state index contributed by atoms with van der Waals surface area (Å²) in [7, 11) is 0. The van der Waals surface area contributed by atoms with E-state index in [2.05, 4.69) is 22.7 Å². The molecular weight excluding hydrogens is 318 g/mol. The Labute approximate surface area is 131 Å². The van der Waals surface area contributed by atoms with Crippen LogP contribution in [0.5, 0.6) is 5.88 Å². The van der Waals surface area contributed by atoms with Crippen LogP contribution in [0, 0.1) is 0 Å². The smallest absolute Gasteiger partial charge is 0.266 e.